The molecule has 0 saturated heterocycles. The Morgan fingerprint density at radius 1 is 0.292 bits per heavy atom. The second-order valence-electron chi connectivity index (χ2n) is 17.7. The predicted octanol–water partition coefficient (Wildman–Crippen LogP) is 16.8. The van der Waals surface area contributed by atoms with Crippen LogP contribution >= 0.6 is 0 Å². The molecule has 2 heteroatoms. The van der Waals surface area contributed by atoms with E-state index >= 15 is 0 Å². The first kappa shape index (κ1) is 38.5. The summed E-state index contributed by atoms with van der Waals surface area (Å²) in [6, 6.07) is 83.3. The van der Waals surface area contributed by atoms with Crippen LogP contribution in [0.4, 0.5) is 0 Å². The van der Waals surface area contributed by atoms with Crippen molar-refractivity contribution in [1.82, 2.24) is 9.97 Å². The lowest BCUT2D eigenvalue weighted by molar-refractivity contribution is 0.661. The summed E-state index contributed by atoms with van der Waals surface area (Å²) in [6.07, 6.45) is 0. The Balaban J connectivity index is 0.943. The number of hydrogen-bond acceptors (Lipinski definition) is 2. The van der Waals surface area contributed by atoms with Gasteiger partial charge in [-0.05, 0) is 107 Å². The average molecular weight is 829 g/mol. The van der Waals surface area contributed by atoms with Crippen LogP contribution in [0.3, 0.4) is 0 Å². The zero-order chi connectivity index (χ0) is 43.5. The monoisotopic (exact) mass is 828 g/mol. The van der Waals surface area contributed by atoms with Gasteiger partial charge in [0, 0.05) is 22.1 Å². The van der Waals surface area contributed by atoms with Gasteiger partial charge in [-0.2, -0.15) is 0 Å². The molecule has 1 heterocycles. The summed E-state index contributed by atoms with van der Waals surface area (Å²) in [7, 11) is 0. The maximum absolute atomic E-state index is 5.20. The molecule has 0 amide bonds. The van der Waals surface area contributed by atoms with Crippen molar-refractivity contribution in [3.63, 3.8) is 0 Å². The van der Waals surface area contributed by atoms with Gasteiger partial charge in [-0.3, -0.25) is 0 Å². The van der Waals surface area contributed by atoms with Gasteiger partial charge in [0.25, 0.3) is 0 Å². The molecule has 1 aliphatic rings. The molecule has 2 nitrogen and oxygen atoms in total. The number of aromatic nitrogens is 2. The van der Waals surface area contributed by atoms with E-state index in [-0.39, 0.29) is 5.41 Å². The van der Waals surface area contributed by atoms with Crippen molar-refractivity contribution in [3.8, 4) is 89.5 Å². The van der Waals surface area contributed by atoms with Crippen molar-refractivity contribution in [2.75, 3.05) is 0 Å². The molecule has 0 spiro atoms. The van der Waals surface area contributed by atoms with Crippen LogP contribution in [0, 0.1) is 0 Å². The molecule has 11 aromatic rings. The Bertz CT molecular complexity index is 3590. The smallest absolute Gasteiger partial charge is 0.160 e. The first-order valence-electron chi connectivity index (χ1n) is 22.5. The molecule has 0 aliphatic heterocycles. The normalized spacial score (nSPS) is 12.6. The van der Waals surface area contributed by atoms with Crippen LogP contribution in [0.2, 0.25) is 0 Å². The van der Waals surface area contributed by atoms with Gasteiger partial charge in [0.15, 0.2) is 5.82 Å². The first-order chi connectivity index (χ1) is 32.0. The quantitative estimate of drug-likeness (QED) is 0.160. The molecule has 65 heavy (non-hydrogen) atoms. The van der Waals surface area contributed by atoms with E-state index in [4.69, 9.17) is 9.97 Å². The molecule has 0 radical (unpaired) electrons. The Kier molecular flexibility index (Phi) is 9.21. The van der Waals surface area contributed by atoms with Crippen LogP contribution in [0.15, 0.2) is 231 Å². The van der Waals surface area contributed by atoms with Crippen LogP contribution in [0.5, 0.6) is 0 Å². The molecule has 12 rings (SSSR count). The molecular weight excluding hydrogens is 785 g/mol. The average Bonchev–Trinajstić information content (AvgIpc) is 3.60. The van der Waals surface area contributed by atoms with Crippen LogP contribution in [-0.4, -0.2) is 9.97 Å². The summed E-state index contributed by atoms with van der Waals surface area (Å²) < 4.78 is 0. The van der Waals surface area contributed by atoms with Crippen molar-refractivity contribution in [2.24, 2.45) is 0 Å². The first-order valence-corrected chi connectivity index (χ1v) is 22.5. The van der Waals surface area contributed by atoms with Crippen molar-refractivity contribution in [1.29, 1.82) is 0 Å². The van der Waals surface area contributed by atoms with E-state index in [1.807, 2.05) is 18.2 Å². The van der Waals surface area contributed by atoms with Gasteiger partial charge in [0.2, 0.25) is 0 Å². The number of nitrogens with zero attached hydrogens (tertiary/aromatic N) is 2. The molecule has 0 N–H and O–H groups in total. The van der Waals surface area contributed by atoms with Crippen molar-refractivity contribution in [2.45, 2.75) is 19.3 Å². The van der Waals surface area contributed by atoms with Crippen LogP contribution in [-0.2, 0) is 5.41 Å². The summed E-state index contributed by atoms with van der Waals surface area (Å²) in [6.45, 7) is 4.73. The minimum atomic E-state index is -0.0894. The van der Waals surface area contributed by atoms with Crippen LogP contribution < -0.4 is 0 Å². The summed E-state index contributed by atoms with van der Waals surface area (Å²) in [5, 5.41) is 5.01. The van der Waals surface area contributed by atoms with E-state index in [1.54, 1.807) is 0 Å². The fourth-order valence-corrected chi connectivity index (χ4v) is 10.2. The molecule has 306 valence electrons. The SMILES string of the molecule is CC1(C)c2cc3ccccc3cc2-c2c(-c3ccc(-c4ccc5ccccc5c4-c4ccc(-c5cc(-c6ccccc6-c6ccccc6)nc(-c6ccccc6)n5)cc4)cc3)cccc21. The van der Waals surface area contributed by atoms with Crippen molar-refractivity contribution >= 4 is 21.5 Å². The van der Waals surface area contributed by atoms with Crippen LogP contribution in [0.1, 0.15) is 25.0 Å². The second-order valence-corrected chi connectivity index (χ2v) is 17.7. The number of fused-ring (bicyclic) bond motifs is 5. The number of benzene rings is 10. The van der Waals surface area contributed by atoms with E-state index in [0.717, 1.165) is 44.8 Å². The van der Waals surface area contributed by atoms with E-state index in [0.29, 0.717) is 5.82 Å². The molecular formula is C63H44N2. The lowest BCUT2D eigenvalue weighted by atomic mass is 9.81. The third-order valence-electron chi connectivity index (χ3n) is 13.5. The van der Waals surface area contributed by atoms with Gasteiger partial charge in [0.1, 0.15) is 0 Å². The fraction of sp³-hybridized carbons (Fsp3) is 0.0476. The van der Waals surface area contributed by atoms with E-state index in [9.17, 15) is 0 Å². The van der Waals surface area contributed by atoms with Gasteiger partial charge in [-0.15, -0.1) is 0 Å². The molecule has 0 saturated carbocycles. The van der Waals surface area contributed by atoms with Gasteiger partial charge in [-0.25, -0.2) is 9.97 Å². The molecule has 1 aliphatic carbocycles. The lowest BCUT2D eigenvalue weighted by Crippen LogP contribution is -2.14. The van der Waals surface area contributed by atoms with E-state index < -0.39 is 0 Å². The third kappa shape index (κ3) is 6.65. The third-order valence-corrected chi connectivity index (χ3v) is 13.5. The largest absolute Gasteiger partial charge is 0.228 e. The number of hydrogen-bond donors (Lipinski definition) is 0. The summed E-state index contributed by atoms with van der Waals surface area (Å²) in [5.41, 5.74) is 19.8. The Labute approximate surface area is 380 Å². The summed E-state index contributed by atoms with van der Waals surface area (Å²) in [5.74, 6) is 0.701. The standard InChI is InChI=1S/C63H44N2/c1-63(2)56-27-15-26-52(61(56)55-38-48-21-9-10-22-49(48)39-57(55)63)43-28-30-44(31-29-43)53-37-36-42-18-11-12-24-51(42)60(53)46-34-32-45(33-35-46)58-40-59(65-62(64-58)47-19-7-4-8-20-47)54-25-14-13-23-50(54)41-16-5-3-6-17-41/h3-40H,1-2H3. The highest BCUT2D eigenvalue weighted by Gasteiger charge is 2.37. The lowest BCUT2D eigenvalue weighted by Gasteiger charge is -2.22. The van der Waals surface area contributed by atoms with E-state index in [2.05, 4.69) is 226 Å². The van der Waals surface area contributed by atoms with Gasteiger partial charge in [-0.1, -0.05) is 226 Å². The van der Waals surface area contributed by atoms with Gasteiger partial charge in [0.05, 0.1) is 11.4 Å². The van der Waals surface area contributed by atoms with Crippen molar-refractivity contribution in [3.05, 3.63) is 242 Å². The van der Waals surface area contributed by atoms with E-state index in [1.165, 1.54) is 71.6 Å². The van der Waals surface area contributed by atoms with Crippen molar-refractivity contribution < 1.29 is 0 Å². The summed E-state index contributed by atoms with van der Waals surface area (Å²) in [4.78, 5) is 10.4. The highest BCUT2D eigenvalue weighted by molar-refractivity contribution is 6.05. The topological polar surface area (TPSA) is 25.8 Å². The molecule has 10 aromatic carbocycles. The Hall–Kier alpha value is -8.20. The molecule has 0 bridgehead atoms. The molecule has 0 unspecified atom stereocenters. The highest BCUT2D eigenvalue weighted by atomic mass is 14.9. The molecule has 0 fully saturated rings. The molecule has 0 atom stereocenters. The molecule has 1 aromatic heterocycles. The minimum absolute atomic E-state index is 0.0894. The fourth-order valence-electron chi connectivity index (χ4n) is 10.2. The van der Waals surface area contributed by atoms with Gasteiger partial charge < -0.3 is 0 Å². The predicted molar refractivity (Wildman–Crippen MR) is 273 cm³/mol. The maximum Gasteiger partial charge on any atom is 0.160 e. The zero-order valence-corrected chi connectivity index (χ0v) is 36.3. The maximum atomic E-state index is 5.20. The van der Waals surface area contributed by atoms with Gasteiger partial charge >= 0.3 is 0 Å². The Morgan fingerprint density at radius 3 is 1.54 bits per heavy atom. The minimum Gasteiger partial charge on any atom is -0.228 e. The highest BCUT2D eigenvalue weighted by Crippen LogP contribution is 2.53. The zero-order valence-electron chi connectivity index (χ0n) is 36.3. The second kappa shape index (κ2) is 15.6. The summed E-state index contributed by atoms with van der Waals surface area (Å²) >= 11 is 0. The van der Waals surface area contributed by atoms with Crippen LogP contribution in [0.25, 0.3) is 111 Å². The number of rotatable bonds is 7. The Morgan fingerprint density at radius 2 is 0.815 bits per heavy atom.